The molecule has 0 atom stereocenters. The zero-order valence-corrected chi connectivity index (χ0v) is 12.7. The summed E-state index contributed by atoms with van der Waals surface area (Å²) in [6.07, 6.45) is 0.809. The van der Waals surface area contributed by atoms with E-state index >= 15 is 0 Å². The summed E-state index contributed by atoms with van der Waals surface area (Å²) in [5, 5.41) is 9.02. The van der Waals surface area contributed by atoms with Crippen LogP contribution in [-0.2, 0) is 13.0 Å². The van der Waals surface area contributed by atoms with Crippen molar-refractivity contribution in [3.8, 4) is 0 Å². The normalized spacial score (nSPS) is 13.3. The summed E-state index contributed by atoms with van der Waals surface area (Å²) in [7, 11) is 0. The van der Waals surface area contributed by atoms with Gasteiger partial charge in [0, 0.05) is 18.8 Å². The second-order valence-electron chi connectivity index (χ2n) is 5.03. The second-order valence-corrected chi connectivity index (χ2v) is 5.83. The molecule has 108 valence electrons. The topological polar surface area (TPSA) is 40.5 Å². The Hall–Kier alpha value is -1.88. The van der Waals surface area contributed by atoms with Gasteiger partial charge >= 0.3 is 5.97 Å². The van der Waals surface area contributed by atoms with E-state index in [1.165, 1.54) is 6.07 Å². The van der Waals surface area contributed by atoms with Crippen LogP contribution < -0.4 is 4.90 Å². The van der Waals surface area contributed by atoms with Gasteiger partial charge in [-0.15, -0.1) is 0 Å². The molecule has 0 aliphatic carbocycles. The van der Waals surface area contributed by atoms with E-state index in [4.69, 9.17) is 5.11 Å². The number of aromatic carboxylic acids is 1. The van der Waals surface area contributed by atoms with E-state index in [2.05, 4.69) is 20.8 Å². The maximum absolute atomic E-state index is 13.6. The molecule has 0 bridgehead atoms. The van der Waals surface area contributed by atoms with Crippen LogP contribution in [0.3, 0.4) is 0 Å². The lowest BCUT2D eigenvalue weighted by Crippen LogP contribution is -2.20. The zero-order valence-electron chi connectivity index (χ0n) is 11.1. The van der Waals surface area contributed by atoms with Crippen molar-refractivity contribution in [1.82, 2.24) is 0 Å². The third-order valence-electron chi connectivity index (χ3n) is 3.71. The number of benzene rings is 2. The number of nitrogens with zero attached hydrogens (tertiary/aromatic N) is 1. The van der Waals surface area contributed by atoms with Gasteiger partial charge in [0.2, 0.25) is 0 Å². The van der Waals surface area contributed by atoms with Gasteiger partial charge in [-0.25, -0.2) is 9.18 Å². The minimum Gasteiger partial charge on any atom is -0.478 e. The molecule has 3 rings (SSSR count). The number of rotatable bonds is 3. The Morgan fingerprint density at radius 1 is 1.33 bits per heavy atom. The molecule has 0 radical (unpaired) electrons. The Morgan fingerprint density at radius 3 is 2.90 bits per heavy atom. The van der Waals surface area contributed by atoms with Crippen molar-refractivity contribution in [2.24, 2.45) is 0 Å². The van der Waals surface area contributed by atoms with Crippen LogP contribution in [0.5, 0.6) is 0 Å². The van der Waals surface area contributed by atoms with E-state index in [9.17, 15) is 9.18 Å². The van der Waals surface area contributed by atoms with Gasteiger partial charge in [-0.3, -0.25) is 0 Å². The number of halogens is 2. The van der Waals surface area contributed by atoms with Crippen molar-refractivity contribution in [2.45, 2.75) is 13.0 Å². The van der Waals surface area contributed by atoms with E-state index in [0.717, 1.165) is 29.8 Å². The third kappa shape index (κ3) is 2.65. The van der Waals surface area contributed by atoms with E-state index in [0.29, 0.717) is 16.6 Å². The highest BCUT2D eigenvalue weighted by atomic mass is 79.9. The SMILES string of the molecule is O=C(O)c1ccc2c(c1)CCN2Cc1cccc(F)c1Br. The van der Waals surface area contributed by atoms with Crippen LogP contribution in [0, 0.1) is 5.82 Å². The van der Waals surface area contributed by atoms with Crippen molar-refractivity contribution in [2.75, 3.05) is 11.4 Å². The van der Waals surface area contributed by atoms with E-state index in [-0.39, 0.29) is 5.82 Å². The molecule has 2 aromatic carbocycles. The number of hydrogen-bond acceptors (Lipinski definition) is 2. The van der Waals surface area contributed by atoms with Gasteiger partial charge in [-0.2, -0.15) is 0 Å². The van der Waals surface area contributed by atoms with E-state index in [1.807, 2.05) is 12.1 Å². The first-order chi connectivity index (χ1) is 10.1. The summed E-state index contributed by atoms with van der Waals surface area (Å²) in [5.74, 6) is -1.18. The fourth-order valence-corrected chi connectivity index (χ4v) is 3.03. The van der Waals surface area contributed by atoms with Gasteiger partial charge < -0.3 is 10.0 Å². The predicted molar refractivity (Wildman–Crippen MR) is 82.3 cm³/mol. The average molecular weight is 350 g/mol. The van der Waals surface area contributed by atoms with Gasteiger partial charge in [0.05, 0.1) is 10.0 Å². The van der Waals surface area contributed by atoms with Crippen LogP contribution in [0.15, 0.2) is 40.9 Å². The van der Waals surface area contributed by atoms with Crippen LogP contribution >= 0.6 is 15.9 Å². The Balaban J connectivity index is 1.88. The Morgan fingerprint density at radius 2 is 2.14 bits per heavy atom. The van der Waals surface area contributed by atoms with Crippen LogP contribution in [-0.4, -0.2) is 17.6 Å². The number of carbonyl (C=O) groups is 1. The zero-order chi connectivity index (χ0) is 15.0. The monoisotopic (exact) mass is 349 g/mol. The van der Waals surface area contributed by atoms with E-state index < -0.39 is 5.97 Å². The molecule has 0 fully saturated rings. The average Bonchev–Trinajstić information content (AvgIpc) is 2.86. The van der Waals surface area contributed by atoms with Gasteiger partial charge in [0.1, 0.15) is 5.82 Å². The molecular weight excluding hydrogens is 337 g/mol. The second kappa shape index (κ2) is 5.48. The quantitative estimate of drug-likeness (QED) is 0.914. The number of fused-ring (bicyclic) bond motifs is 1. The molecule has 0 unspecified atom stereocenters. The van der Waals surface area contributed by atoms with Crippen molar-refractivity contribution in [3.63, 3.8) is 0 Å². The molecule has 5 heteroatoms. The Bertz CT molecular complexity index is 717. The van der Waals surface area contributed by atoms with Crippen molar-refractivity contribution < 1.29 is 14.3 Å². The first-order valence-corrected chi connectivity index (χ1v) is 7.39. The summed E-state index contributed by atoms with van der Waals surface area (Å²) in [6.45, 7) is 1.40. The smallest absolute Gasteiger partial charge is 0.335 e. The molecule has 3 nitrogen and oxygen atoms in total. The van der Waals surface area contributed by atoms with Gasteiger partial charge in [0.25, 0.3) is 0 Å². The third-order valence-corrected chi connectivity index (χ3v) is 4.60. The minimum atomic E-state index is -0.913. The molecule has 0 aromatic heterocycles. The number of carboxylic acid groups (broad SMARTS) is 1. The van der Waals surface area contributed by atoms with Crippen molar-refractivity contribution >= 4 is 27.6 Å². The predicted octanol–water partition coefficient (Wildman–Crippen LogP) is 3.85. The summed E-state index contributed by atoms with van der Waals surface area (Å²) < 4.78 is 14.0. The largest absolute Gasteiger partial charge is 0.478 e. The summed E-state index contributed by atoms with van der Waals surface area (Å²) >= 11 is 3.28. The maximum Gasteiger partial charge on any atom is 0.335 e. The van der Waals surface area contributed by atoms with Gasteiger partial charge in [0.15, 0.2) is 0 Å². The van der Waals surface area contributed by atoms with Gasteiger partial charge in [-0.1, -0.05) is 12.1 Å². The fraction of sp³-hybridized carbons (Fsp3) is 0.188. The van der Waals surface area contributed by atoms with Crippen molar-refractivity contribution in [3.05, 3.63) is 63.4 Å². The molecular formula is C16H13BrFNO2. The number of carboxylic acids is 1. The summed E-state index contributed by atoms with van der Waals surface area (Å²) in [6, 6.07) is 10.2. The molecule has 1 heterocycles. The van der Waals surface area contributed by atoms with Crippen LogP contribution in [0.4, 0.5) is 10.1 Å². The maximum atomic E-state index is 13.6. The highest BCUT2D eigenvalue weighted by Crippen LogP contribution is 2.32. The Labute approximate surface area is 130 Å². The van der Waals surface area contributed by atoms with E-state index in [1.54, 1.807) is 18.2 Å². The minimum absolute atomic E-state index is 0.270. The molecule has 0 spiro atoms. The molecule has 0 amide bonds. The Kier molecular flexibility index (Phi) is 3.68. The molecule has 0 saturated heterocycles. The van der Waals surface area contributed by atoms with Crippen LogP contribution in [0.25, 0.3) is 0 Å². The highest BCUT2D eigenvalue weighted by Gasteiger charge is 2.21. The van der Waals surface area contributed by atoms with Crippen LogP contribution in [0.2, 0.25) is 0 Å². The lowest BCUT2D eigenvalue weighted by Gasteiger charge is -2.20. The number of hydrogen-bond donors (Lipinski definition) is 1. The van der Waals surface area contributed by atoms with Gasteiger partial charge in [-0.05, 0) is 57.7 Å². The molecule has 1 aliphatic rings. The lowest BCUT2D eigenvalue weighted by atomic mass is 10.1. The molecule has 2 aromatic rings. The summed E-state index contributed by atoms with van der Waals surface area (Å²) in [5.41, 5.74) is 3.24. The highest BCUT2D eigenvalue weighted by molar-refractivity contribution is 9.10. The first-order valence-electron chi connectivity index (χ1n) is 6.60. The summed E-state index contributed by atoms with van der Waals surface area (Å²) in [4.78, 5) is 13.1. The molecule has 0 saturated carbocycles. The molecule has 21 heavy (non-hydrogen) atoms. The number of anilines is 1. The fourth-order valence-electron chi connectivity index (χ4n) is 2.64. The standard InChI is InChI=1S/C16H13BrFNO2/c17-15-12(2-1-3-13(15)18)9-19-7-6-10-8-11(16(20)21)4-5-14(10)19/h1-5,8H,6-7,9H2,(H,20,21). The molecule has 1 N–H and O–H groups in total. The lowest BCUT2D eigenvalue weighted by molar-refractivity contribution is 0.0697. The molecule has 1 aliphatic heterocycles. The van der Waals surface area contributed by atoms with Crippen molar-refractivity contribution in [1.29, 1.82) is 0 Å². The van der Waals surface area contributed by atoms with Crippen LogP contribution in [0.1, 0.15) is 21.5 Å². The first kappa shape index (κ1) is 14.1.